The summed E-state index contributed by atoms with van der Waals surface area (Å²) in [5.74, 6) is -0.745. The maximum absolute atomic E-state index is 11.7. The Balaban J connectivity index is 2.07. The first-order valence-corrected chi connectivity index (χ1v) is 5.20. The Morgan fingerprint density at radius 1 is 1.44 bits per heavy atom. The molecule has 0 N–H and O–H groups in total. The van der Waals surface area contributed by atoms with Crippen molar-refractivity contribution in [3.05, 3.63) is 0 Å². The second-order valence-electron chi connectivity index (χ2n) is 4.08. The minimum atomic E-state index is -0.477. The van der Waals surface area contributed by atoms with Crippen molar-refractivity contribution in [1.29, 1.82) is 0 Å². The van der Waals surface area contributed by atoms with Gasteiger partial charge in [-0.05, 0) is 6.42 Å². The highest BCUT2D eigenvalue weighted by Crippen LogP contribution is 2.27. The molecule has 2 aliphatic heterocycles. The molecule has 2 heterocycles. The third-order valence-corrected chi connectivity index (χ3v) is 3.29. The quantitative estimate of drug-likeness (QED) is 0.446. The molecule has 16 heavy (non-hydrogen) atoms. The predicted octanol–water partition coefficient (Wildman–Crippen LogP) is -1.01. The summed E-state index contributed by atoms with van der Waals surface area (Å²) in [6.45, 7) is 0.664. The summed E-state index contributed by atoms with van der Waals surface area (Å²) in [5.41, 5.74) is 0. The van der Waals surface area contributed by atoms with Gasteiger partial charge in [-0.15, -0.1) is 0 Å². The van der Waals surface area contributed by atoms with Gasteiger partial charge in [-0.1, -0.05) is 0 Å². The average molecular weight is 226 g/mol. The molecule has 0 aromatic heterocycles. The number of methoxy groups -OCH3 is 1. The predicted molar refractivity (Wildman–Crippen MR) is 53.3 cm³/mol. The zero-order valence-electron chi connectivity index (χ0n) is 9.30. The number of rotatable bonds is 2. The molecule has 2 aliphatic rings. The van der Waals surface area contributed by atoms with E-state index < -0.39 is 6.04 Å². The minimum absolute atomic E-state index is 0.169. The van der Waals surface area contributed by atoms with Gasteiger partial charge >= 0.3 is 5.97 Å². The van der Waals surface area contributed by atoms with Crippen molar-refractivity contribution >= 4 is 17.8 Å². The first-order chi connectivity index (χ1) is 7.56. The van der Waals surface area contributed by atoms with Crippen LogP contribution in [0.3, 0.4) is 0 Å². The van der Waals surface area contributed by atoms with Crippen molar-refractivity contribution in [3.8, 4) is 0 Å². The largest absolute Gasteiger partial charge is 0.468 e. The third-order valence-electron chi connectivity index (χ3n) is 3.29. The zero-order chi connectivity index (χ0) is 11.9. The summed E-state index contributed by atoms with van der Waals surface area (Å²) in [6.07, 6.45) is 0.858. The van der Waals surface area contributed by atoms with Crippen molar-refractivity contribution in [3.63, 3.8) is 0 Å². The topological polar surface area (TPSA) is 66.9 Å². The Labute approximate surface area is 93.1 Å². The van der Waals surface area contributed by atoms with Crippen LogP contribution in [0, 0.1) is 0 Å². The molecule has 0 aromatic rings. The molecule has 2 amide bonds. The molecule has 2 unspecified atom stereocenters. The minimum Gasteiger partial charge on any atom is -0.468 e. The molecule has 0 aliphatic carbocycles. The number of nitrogens with zero attached hydrogens (tertiary/aromatic N) is 2. The molecule has 2 rings (SSSR count). The normalized spacial score (nSPS) is 30.5. The van der Waals surface area contributed by atoms with Crippen LogP contribution in [0.15, 0.2) is 0 Å². The lowest BCUT2D eigenvalue weighted by atomic mass is 9.99. The smallest absolute Gasteiger partial charge is 0.323 e. The monoisotopic (exact) mass is 226 g/mol. The fourth-order valence-corrected chi connectivity index (χ4v) is 2.16. The summed E-state index contributed by atoms with van der Waals surface area (Å²) < 4.78 is 4.64. The number of hydrogen-bond donors (Lipinski definition) is 0. The van der Waals surface area contributed by atoms with Crippen LogP contribution in [0.4, 0.5) is 0 Å². The lowest BCUT2D eigenvalue weighted by molar-refractivity contribution is -0.155. The van der Waals surface area contributed by atoms with Gasteiger partial charge in [-0.25, -0.2) is 0 Å². The van der Waals surface area contributed by atoms with E-state index in [9.17, 15) is 14.4 Å². The van der Waals surface area contributed by atoms with E-state index in [1.807, 2.05) is 0 Å². The highest BCUT2D eigenvalue weighted by molar-refractivity contribution is 6.05. The molecule has 0 radical (unpaired) electrons. The highest BCUT2D eigenvalue weighted by atomic mass is 16.5. The van der Waals surface area contributed by atoms with E-state index >= 15 is 0 Å². The second-order valence-corrected chi connectivity index (χ2v) is 4.08. The van der Waals surface area contributed by atoms with Crippen LogP contribution in [0.5, 0.6) is 0 Å². The number of hydrogen-bond acceptors (Lipinski definition) is 5. The number of carbonyl (C=O) groups excluding carboxylic acids is 3. The summed E-state index contributed by atoms with van der Waals surface area (Å²) >= 11 is 0. The Kier molecular flexibility index (Phi) is 2.67. The number of amides is 2. The van der Waals surface area contributed by atoms with Gasteiger partial charge < -0.3 is 4.74 Å². The summed E-state index contributed by atoms with van der Waals surface area (Å²) in [7, 11) is 2.80. The summed E-state index contributed by atoms with van der Waals surface area (Å²) in [6, 6.07) is -0.839. The molecule has 0 bridgehead atoms. The Morgan fingerprint density at radius 2 is 2.12 bits per heavy atom. The third kappa shape index (κ3) is 1.49. The van der Waals surface area contributed by atoms with E-state index in [4.69, 9.17) is 0 Å². The molecule has 88 valence electrons. The van der Waals surface area contributed by atoms with Crippen molar-refractivity contribution in [2.24, 2.45) is 0 Å². The van der Waals surface area contributed by atoms with E-state index in [0.717, 1.165) is 4.90 Å². The molecule has 6 nitrogen and oxygen atoms in total. The first kappa shape index (κ1) is 11.1. The fourth-order valence-electron chi connectivity index (χ4n) is 2.16. The average Bonchev–Trinajstić information content (AvgIpc) is 2.45. The number of ether oxygens (including phenoxy) is 1. The summed E-state index contributed by atoms with van der Waals surface area (Å²) in [5, 5.41) is 0. The van der Waals surface area contributed by atoms with Gasteiger partial charge in [-0.2, -0.15) is 0 Å². The Hall–Kier alpha value is -1.43. The SMILES string of the molecule is COC(=O)C1CCN1C1CC(=O)N(C)C1=O. The second kappa shape index (κ2) is 3.86. The van der Waals surface area contributed by atoms with Crippen LogP contribution < -0.4 is 0 Å². The zero-order valence-corrected chi connectivity index (χ0v) is 9.30. The van der Waals surface area contributed by atoms with Gasteiger partial charge in [0.15, 0.2) is 0 Å². The van der Waals surface area contributed by atoms with Gasteiger partial charge in [0.2, 0.25) is 11.8 Å². The van der Waals surface area contributed by atoms with Crippen LogP contribution in [-0.4, -0.2) is 60.4 Å². The van der Waals surface area contributed by atoms with Crippen molar-refractivity contribution in [2.75, 3.05) is 20.7 Å². The number of esters is 1. The van der Waals surface area contributed by atoms with Gasteiger partial charge in [0, 0.05) is 13.6 Å². The molecule has 2 saturated heterocycles. The Bertz CT molecular complexity index is 355. The summed E-state index contributed by atoms with van der Waals surface area (Å²) in [4.78, 5) is 37.3. The standard InChI is InChI=1S/C10H14N2O4/c1-11-8(13)5-7(9(11)14)12-4-3-6(12)10(15)16-2/h6-7H,3-5H2,1-2H3. The molecule has 0 aromatic carbocycles. The van der Waals surface area contributed by atoms with E-state index in [1.54, 1.807) is 4.90 Å². The number of likely N-dealkylation sites (tertiary alicyclic amines) is 2. The maximum Gasteiger partial charge on any atom is 0.323 e. The van der Waals surface area contributed by atoms with Crippen molar-refractivity contribution in [1.82, 2.24) is 9.80 Å². The molecule has 2 fully saturated rings. The molecule has 0 spiro atoms. The number of carbonyl (C=O) groups is 3. The van der Waals surface area contributed by atoms with Crippen LogP contribution in [0.1, 0.15) is 12.8 Å². The number of likely N-dealkylation sites (N-methyl/N-ethyl adjacent to an activating group) is 1. The lowest BCUT2D eigenvalue weighted by Gasteiger charge is -2.41. The van der Waals surface area contributed by atoms with Crippen molar-refractivity contribution < 1.29 is 19.1 Å². The maximum atomic E-state index is 11.7. The van der Waals surface area contributed by atoms with Gasteiger partial charge in [-0.3, -0.25) is 24.2 Å². The fraction of sp³-hybridized carbons (Fsp3) is 0.700. The lowest BCUT2D eigenvalue weighted by Crippen LogP contribution is -2.59. The molecule has 6 heteroatoms. The van der Waals surface area contributed by atoms with Crippen LogP contribution in [-0.2, 0) is 19.1 Å². The molecular formula is C10H14N2O4. The van der Waals surface area contributed by atoms with Crippen LogP contribution in [0.25, 0.3) is 0 Å². The van der Waals surface area contributed by atoms with Gasteiger partial charge in [0.1, 0.15) is 6.04 Å². The molecule has 2 atom stereocenters. The highest BCUT2D eigenvalue weighted by Gasteiger charge is 2.47. The van der Waals surface area contributed by atoms with Crippen LogP contribution in [0.2, 0.25) is 0 Å². The van der Waals surface area contributed by atoms with Gasteiger partial charge in [0.05, 0.1) is 19.6 Å². The van der Waals surface area contributed by atoms with E-state index in [1.165, 1.54) is 14.2 Å². The van der Waals surface area contributed by atoms with E-state index in [2.05, 4.69) is 4.74 Å². The first-order valence-electron chi connectivity index (χ1n) is 5.20. The van der Waals surface area contributed by atoms with Gasteiger partial charge in [0.25, 0.3) is 0 Å². The van der Waals surface area contributed by atoms with E-state index in [-0.39, 0.29) is 30.2 Å². The van der Waals surface area contributed by atoms with E-state index in [0.29, 0.717) is 13.0 Å². The molecule has 0 saturated carbocycles. The Morgan fingerprint density at radius 3 is 2.50 bits per heavy atom. The van der Waals surface area contributed by atoms with Crippen molar-refractivity contribution in [2.45, 2.75) is 24.9 Å². The number of imide groups is 1. The van der Waals surface area contributed by atoms with Crippen LogP contribution >= 0.6 is 0 Å². The molecular weight excluding hydrogens is 212 g/mol.